The van der Waals surface area contributed by atoms with Gasteiger partial charge in [-0.25, -0.2) is 13.6 Å². The average Bonchev–Trinajstić information content (AvgIpc) is 2.28. The molecule has 74 valence electrons. The molecule has 0 saturated heterocycles. The number of primary sulfonamides is 1. The Balaban J connectivity index is 3.32. The van der Waals surface area contributed by atoms with Gasteiger partial charge in [-0.2, -0.15) is 8.42 Å². The molecule has 0 bridgehead atoms. The minimum Gasteiger partial charge on any atom is -0.281 e. The summed E-state index contributed by atoms with van der Waals surface area (Å²) in [6.07, 6.45) is 0. The smallest absolute Gasteiger partial charge is 0.281 e. The van der Waals surface area contributed by atoms with Crippen LogP contribution in [0.15, 0.2) is 20.6 Å². The van der Waals surface area contributed by atoms with Gasteiger partial charge in [-0.1, -0.05) is 0 Å². The molecule has 0 fully saturated rings. The van der Waals surface area contributed by atoms with Crippen LogP contribution in [0.4, 0.5) is 0 Å². The zero-order chi connectivity index (χ0) is 10.3. The lowest BCUT2D eigenvalue weighted by Gasteiger charge is -1.89. The first-order valence-corrected chi connectivity index (χ1v) is 6.62. The van der Waals surface area contributed by atoms with Crippen LogP contribution < -0.4 is 5.14 Å². The van der Waals surface area contributed by atoms with E-state index in [4.69, 9.17) is 9.69 Å². The van der Waals surface area contributed by atoms with Gasteiger partial charge in [0.05, 0.1) is 0 Å². The van der Waals surface area contributed by atoms with Crippen molar-refractivity contribution >= 4 is 31.5 Å². The molecule has 0 aliphatic rings. The summed E-state index contributed by atoms with van der Waals surface area (Å²) in [6, 6.07) is 1.99. The van der Waals surface area contributed by atoms with Gasteiger partial charge in [-0.3, -0.25) is 4.55 Å². The number of hydrogen-bond acceptors (Lipinski definition) is 5. The minimum atomic E-state index is -4.34. The first kappa shape index (κ1) is 10.6. The molecule has 0 aromatic carbocycles. The average molecular weight is 243 g/mol. The van der Waals surface area contributed by atoms with E-state index in [2.05, 4.69) is 0 Å². The van der Waals surface area contributed by atoms with Crippen molar-refractivity contribution in [3.63, 3.8) is 0 Å². The van der Waals surface area contributed by atoms with E-state index >= 15 is 0 Å². The maximum Gasteiger partial charge on any atom is 0.304 e. The van der Waals surface area contributed by atoms with E-state index in [1.165, 1.54) is 0 Å². The van der Waals surface area contributed by atoms with E-state index in [1.807, 2.05) is 0 Å². The standard InChI is InChI=1S/C4H5NO5S3/c5-12(6,7)3-1-2-4(11-3)13(8,9)10/h1-2H,(H2,5,6,7)(H,8,9,10). The van der Waals surface area contributed by atoms with Crippen molar-refractivity contribution in [1.82, 2.24) is 0 Å². The van der Waals surface area contributed by atoms with E-state index in [0.717, 1.165) is 12.1 Å². The third-order valence-electron chi connectivity index (χ3n) is 1.09. The lowest BCUT2D eigenvalue weighted by molar-refractivity contribution is 0.485. The van der Waals surface area contributed by atoms with Crippen molar-refractivity contribution in [1.29, 1.82) is 0 Å². The monoisotopic (exact) mass is 243 g/mol. The molecule has 0 unspecified atom stereocenters. The molecule has 0 aliphatic carbocycles. The van der Waals surface area contributed by atoms with Crippen LogP contribution in [0.1, 0.15) is 0 Å². The summed E-state index contributed by atoms with van der Waals surface area (Å²) in [5.41, 5.74) is 0. The largest absolute Gasteiger partial charge is 0.304 e. The van der Waals surface area contributed by atoms with E-state index in [1.54, 1.807) is 0 Å². The predicted octanol–water partition coefficient (Wildman–Crippen LogP) is -0.358. The lowest BCUT2D eigenvalue weighted by atomic mass is 10.7. The summed E-state index contributed by atoms with van der Waals surface area (Å²) in [4.78, 5) is 0. The first-order valence-electron chi connectivity index (χ1n) is 2.81. The van der Waals surface area contributed by atoms with Crippen molar-refractivity contribution in [3.05, 3.63) is 12.1 Å². The Labute approximate surface area is 78.8 Å². The second-order valence-corrected chi connectivity index (χ2v) is 6.61. The van der Waals surface area contributed by atoms with E-state index in [-0.39, 0.29) is 4.21 Å². The second kappa shape index (κ2) is 3.03. The molecule has 0 saturated carbocycles. The summed E-state index contributed by atoms with van der Waals surface area (Å²) in [6.45, 7) is 0. The summed E-state index contributed by atoms with van der Waals surface area (Å²) in [5, 5.41) is 4.72. The van der Waals surface area contributed by atoms with Gasteiger partial charge in [0.25, 0.3) is 0 Å². The van der Waals surface area contributed by atoms with Crippen LogP contribution in [0.25, 0.3) is 0 Å². The fraction of sp³-hybridized carbons (Fsp3) is 0. The molecule has 3 N–H and O–H groups in total. The van der Waals surface area contributed by atoms with Crippen LogP contribution in [-0.4, -0.2) is 21.4 Å². The van der Waals surface area contributed by atoms with Gasteiger partial charge < -0.3 is 0 Å². The van der Waals surface area contributed by atoms with Crippen molar-refractivity contribution in [2.24, 2.45) is 5.14 Å². The third-order valence-corrected chi connectivity index (χ3v) is 4.94. The zero-order valence-corrected chi connectivity index (χ0v) is 8.49. The highest BCUT2D eigenvalue weighted by Gasteiger charge is 2.17. The molecule has 0 atom stereocenters. The SMILES string of the molecule is NS(=O)(=O)c1ccc(S(=O)(=O)O)s1. The highest BCUT2D eigenvalue weighted by Crippen LogP contribution is 2.23. The molecule has 0 spiro atoms. The van der Waals surface area contributed by atoms with E-state index in [9.17, 15) is 16.8 Å². The highest BCUT2D eigenvalue weighted by molar-refractivity contribution is 7.92. The number of hydrogen-bond donors (Lipinski definition) is 2. The van der Waals surface area contributed by atoms with Crippen LogP contribution in [0.3, 0.4) is 0 Å². The Hall–Kier alpha value is -0.480. The molecular weight excluding hydrogens is 238 g/mol. The fourth-order valence-corrected chi connectivity index (χ4v) is 3.15. The quantitative estimate of drug-likeness (QED) is 0.688. The minimum absolute atomic E-state index is 0.305. The molecule has 0 radical (unpaired) electrons. The normalized spacial score (nSPS) is 13.1. The van der Waals surface area contributed by atoms with E-state index in [0.29, 0.717) is 11.3 Å². The zero-order valence-electron chi connectivity index (χ0n) is 6.04. The predicted molar refractivity (Wildman–Crippen MR) is 45.5 cm³/mol. The highest BCUT2D eigenvalue weighted by atomic mass is 32.3. The molecular formula is C4H5NO5S3. The maximum atomic E-state index is 10.7. The first-order chi connectivity index (χ1) is 5.71. The van der Waals surface area contributed by atoms with Crippen molar-refractivity contribution in [2.75, 3.05) is 0 Å². The Kier molecular flexibility index (Phi) is 2.47. The van der Waals surface area contributed by atoms with Crippen molar-refractivity contribution < 1.29 is 21.4 Å². The molecule has 0 aliphatic heterocycles. The van der Waals surface area contributed by atoms with Gasteiger partial charge in [-0.05, 0) is 12.1 Å². The lowest BCUT2D eigenvalue weighted by Crippen LogP contribution is -2.09. The maximum absolute atomic E-state index is 10.7. The number of nitrogens with two attached hydrogens (primary N) is 1. The van der Waals surface area contributed by atoms with Gasteiger partial charge in [0.15, 0.2) is 0 Å². The Morgan fingerprint density at radius 1 is 1.15 bits per heavy atom. The fourth-order valence-electron chi connectivity index (χ4n) is 0.595. The number of thiophene rings is 1. The number of rotatable bonds is 2. The Morgan fingerprint density at radius 3 is 1.85 bits per heavy atom. The topological polar surface area (TPSA) is 115 Å². The van der Waals surface area contributed by atoms with Crippen LogP contribution in [0.2, 0.25) is 0 Å². The molecule has 6 nitrogen and oxygen atoms in total. The third kappa shape index (κ3) is 2.48. The molecule has 1 aromatic rings. The van der Waals surface area contributed by atoms with Crippen LogP contribution >= 0.6 is 11.3 Å². The Bertz CT molecular complexity index is 463. The molecule has 0 amide bonds. The summed E-state index contributed by atoms with van der Waals surface area (Å²) in [7, 11) is -8.24. The van der Waals surface area contributed by atoms with Crippen molar-refractivity contribution in [2.45, 2.75) is 8.42 Å². The number of sulfonamides is 1. The molecule has 1 heterocycles. The van der Waals surface area contributed by atoms with Crippen LogP contribution in [0, 0.1) is 0 Å². The van der Waals surface area contributed by atoms with Crippen LogP contribution in [0.5, 0.6) is 0 Å². The Morgan fingerprint density at radius 2 is 1.62 bits per heavy atom. The molecule has 1 rings (SSSR count). The molecule has 1 aromatic heterocycles. The van der Waals surface area contributed by atoms with E-state index < -0.39 is 24.4 Å². The summed E-state index contributed by atoms with van der Waals surface area (Å²) >= 11 is 0.396. The van der Waals surface area contributed by atoms with Gasteiger partial charge in [0.2, 0.25) is 10.0 Å². The molecule has 9 heteroatoms. The van der Waals surface area contributed by atoms with Gasteiger partial charge in [-0.15, -0.1) is 11.3 Å². The van der Waals surface area contributed by atoms with Crippen molar-refractivity contribution in [3.8, 4) is 0 Å². The van der Waals surface area contributed by atoms with Gasteiger partial charge >= 0.3 is 10.1 Å². The van der Waals surface area contributed by atoms with Crippen LogP contribution in [-0.2, 0) is 20.1 Å². The summed E-state index contributed by atoms with van der Waals surface area (Å²) in [5.74, 6) is 0. The van der Waals surface area contributed by atoms with Gasteiger partial charge in [0, 0.05) is 0 Å². The molecule has 13 heavy (non-hydrogen) atoms. The second-order valence-electron chi connectivity index (χ2n) is 2.09. The van der Waals surface area contributed by atoms with Gasteiger partial charge in [0.1, 0.15) is 8.42 Å². The summed E-state index contributed by atoms with van der Waals surface area (Å²) < 4.78 is 50.1.